The summed E-state index contributed by atoms with van der Waals surface area (Å²) < 4.78 is 0. The fourth-order valence-corrected chi connectivity index (χ4v) is 12.6. The van der Waals surface area contributed by atoms with E-state index in [0.29, 0.717) is 0 Å². The number of anilines is 6. The lowest BCUT2D eigenvalue weighted by molar-refractivity contribution is 0.652. The van der Waals surface area contributed by atoms with Crippen molar-refractivity contribution in [1.82, 2.24) is 0 Å². The van der Waals surface area contributed by atoms with Crippen LogP contribution in [0, 0.1) is 13.8 Å². The largest absolute Gasteiger partial charge is 0.310 e. The van der Waals surface area contributed by atoms with Crippen LogP contribution in [0.3, 0.4) is 0 Å². The molecule has 0 heterocycles. The summed E-state index contributed by atoms with van der Waals surface area (Å²) in [6, 6.07) is 93.8. The normalized spacial score (nSPS) is 13.3. The molecule has 0 saturated heterocycles. The van der Waals surface area contributed by atoms with Crippen molar-refractivity contribution in [2.75, 3.05) is 9.80 Å². The number of aryl methyl sites for hydroxylation is 2. The fraction of sp³-hybridized carbons (Fsp3) is 0.108. The molecule has 2 aliphatic rings. The van der Waals surface area contributed by atoms with Crippen LogP contribution in [0.5, 0.6) is 0 Å². The highest BCUT2D eigenvalue weighted by Gasteiger charge is 2.43. The quantitative estimate of drug-likeness (QED) is 0.135. The minimum absolute atomic E-state index is 0.271. The predicted molar refractivity (Wildman–Crippen MR) is 322 cm³/mol. The van der Waals surface area contributed by atoms with E-state index in [9.17, 15) is 0 Å². The van der Waals surface area contributed by atoms with Crippen LogP contribution in [0.25, 0.3) is 66.8 Å². The number of benzene rings is 11. The van der Waals surface area contributed by atoms with E-state index in [-0.39, 0.29) is 10.8 Å². The summed E-state index contributed by atoms with van der Waals surface area (Å²) in [5.74, 6) is 0. The first-order chi connectivity index (χ1) is 37.0. The van der Waals surface area contributed by atoms with Gasteiger partial charge in [-0.05, 0) is 176 Å². The van der Waals surface area contributed by atoms with Gasteiger partial charge in [-0.1, -0.05) is 210 Å². The van der Waals surface area contributed by atoms with E-state index in [1.54, 1.807) is 0 Å². The third-order valence-electron chi connectivity index (χ3n) is 16.5. The molecule has 2 aliphatic carbocycles. The molecule has 2 heteroatoms. The molecule has 0 amide bonds. The topological polar surface area (TPSA) is 6.48 Å². The van der Waals surface area contributed by atoms with E-state index in [4.69, 9.17) is 0 Å². The summed E-state index contributed by atoms with van der Waals surface area (Å²) in [6.45, 7) is 14.4. The summed E-state index contributed by atoms with van der Waals surface area (Å²) in [5, 5.41) is 0. The first-order valence-corrected chi connectivity index (χ1v) is 26.7. The molecule has 76 heavy (non-hydrogen) atoms. The van der Waals surface area contributed by atoms with Crippen molar-refractivity contribution in [1.29, 1.82) is 0 Å². The Labute approximate surface area is 448 Å². The average Bonchev–Trinajstić information content (AvgIpc) is 4.09. The van der Waals surface area contributed by atoms with E-state index in [1.165, 1.54) is 100 Å². The lowest BCUT2D eigenvalue weighted by Gasteiger charge is -2.30. The van der Waals surface area contributed by atoms with Gasteiger partial charge in [0.2, 0.25) is 0 Å². The van der Waals surface area contributed by atoms with Gasteiger partial charge in [-0.2, -0.15) is 0 Å². The molecule has 0 aliphatic heterocycles. The van der Waals surface area contributed by atoms with E-state index in [0.717, 1.165) is 34.1 Å². The molecule has 0 saturated carbocycles. The molecule has 0 spiro atoms. The minimum Gasteiger partial charge on any atom is -0.310 e. The van der Waals surface area contributed by atoms with Crippen LogP contribution in [0.15, 0.2) is 255 Å². The maximum atomic E-state index is 2.57. The summed E-state index contributed by atoms with van der Waals surface area (Å²) in [7, 11) is 0. The Morgan fingerprint density at radius 1 is 0.250 bits per heavy atom. The van der Waals surface area contributed by atoms with Crippen LogP contribution in [0.1, 0.15) is 61.1 Å². The molecule has 0 atom stereocenters. The maximum absolute atomic E-state index is 2.57. The molecule has 13 rings (SSSR count). The Kier molecular flexibility index (Phi) is 11.4. The van der Waals surface area contributed by atoms with Crippen LogP contribution >= 0.6 is 0 Å². The Morgan fingerprint density at radius 2 is 0.553 bits per heavy atom. The van der Waals surface area contributed by atoms with Crippen LogP contribution < -0.4 is 9.80 Å². The van der Waals surface area contributed by atoms with Crippen molar-refractivity contribution in [2.24, 2.45) is 0 Å². The van der Waals surface area contributed by atoms with Crippen molar-refractivity contribution >= 4 is 34.1 Å². The van der Waals surface area contributed by atoms with E-state index < -0.39 is 0 Å². The van der Waals surface area contributed by atoms with Gasteiger partial charge in [-0.3, -0.25) is 0 Å². The van der Waals surface area contributed by atoms with Crippen molar-refractivity contribution in [2.45, 2.75) is 52.4 Å². The number of nitrogens with zero attached hydrogens (tertiary/aromatic N) is 2. The maximum Gasteiger partial charge on any atom is 0.0540 e. The van der Waals surface area contributed by atoms with Crippen LogP contribution in [0.2, 0.25) is 0 Å². The molecule has 11 aromatic rings. The van der Waals surface area contributed by atoms with E-state index in [1.807, 2.05) is 0 Å². The second-order valence-electron chi connectivity index (χ2n) is 21.8. The molecule has 2 nitrogen and oxygen atoms in total. The monoisotopic (exact) mass is 976 g/mol. The van der Waals surface area contributed by atoms with Crippen molar-refractivity contribution in [3.8, 4) is 66.8 Å². The first-order valence-electron chi connectivity index (χ1n) is 26.7. The first kappa shape index (κ1) is 46.8. The second-order valence-corrected chi connectivity index (χ2v) is 21.8. The SMILES string of the molecule is Cc1cc(N(c2ccc(-c3ccccc3)cc2)c2ccccc2-c2ccccc2)cc2c1-c1cc3c(cc1C2(C)C)-c1c(C)cc(N(c2ccc(-c4ccccc4)cc2)c2ccccc2-c2ccccc2)cc1C3(C)C. The van der Waals surface area contributed by atoms with Crippen LogP contribution in [-0.4, -0.2) is 0 Å². The fourth-order valence-electron chi connectivity index (χ4n) is 12.6. The van der Waals surface area contributed by atoms with Gasteiger partial charge in [-0.25, -0.2) is 0 Å². The summed E-state index contributed by atoms with van der Waals surface area (Å²) in [4.78, 5) is 4.95. The van der Waals surface area contributed by atoms with E-state index >= 15 is 0 Å². The van der Waals surface area contributed by atoms with Crippen molar-refractivity contribution in [3.63, 3.8) is 0 Å². The molecule has 0 aromatic heterocycles. The number of rotatable bonds is 10. The number of fused-ring (bicyclic) bond motifs is 6. The molecule has 0 fully saturated rings. The Balaban J connectivity index is 0.930. The highest BCUT2D eigenvalue weighted by molar-refractivity contribution is 5.97. The standard InChI is InChI=1S/C74H60N2/c1-49-43-59(75(57-39-35-53(36-40-57)51-23-11-7-12-24-51)69-33-21-19-31-61(69)55-27-15-9-16-28-55)45-67-71(49)63-47-66-64(48-65(63)73(67,3)4)72-50(2)44-60(46-68(72)74(66,5)6)76(58-41-37-54(38-42-58)52-25-13-8-14-26-52)70-34-22-20-32-62(70)56-29-17-10-18-30-56/h7-48H,1-6H3. The van der Waals surface area contributed by atoms with Crippen LogP contribution in [-0.2, 0) is 10.8 Å². The number of hydrogen-bond acceptors (Lipinski definition) is 2. The second kappa shape index (κ2) is 18.4. The van der Waals surface area contributed by atoms with Crippen molar-refractivity contribution in [3.05, 3.63) is 288 Å². The smallest absolute Gasteiger partial charge is 0.0540 e. The van der Waals surface area contributed by atoms with Crippen LogP contribution in [0.4, 0.5) is 34.1 Å². The average molecular weight is 977 g/mol. The molecule has 0 N–H and O–H groups in total. The van der Waals surface area contributed by atoms with Gasteiger partial charge in [0.15, 0.2) is 0 Å². The van der Waals surface area contributed by atoms with Gasteiger partial charge in [0.1, 0.15) is 0 Å². The molecular formula is C74H60N2. The molecule has 366 valence electrons. The highest BCUT2D eigenvalue weighted by atomic mass is 15.2. The Morgan fingerprint density at radius 3 is 0.908 bits per heavy atom. The molecule has 0 radical (unpaired) electrons. The van der Waals surface area contributed by atoms with Gasteiger partial charge in [0.25, 0.3) is 0 Å². The van der Waals surface area contributed by atoms with Gasteiger partial charge in [0, 0.05) is 44.7 Å². The Hall–Kier alpha value is -8.98. The highest BCUT2D eigenvalue weighted by Crippen LogP contribution is 2.59. The lowest BCUT2D eigenvalue weighted by atomic mass is 9.79. The van der Waals surface area contributed by atoms with Crippen molar-refractivity contribution < 1.29 is 0 Å². The van der Waals surface area contributed by atoms with Gasteiger partial charge in [0.05, 0.1) is 11.4 Å². The zero-order valence-electron chi connectivity index (χ0n) is 44.1. The zero-order valence-corrected chi connectivity index (χ0v) is 44.1. The van der Waals surface area contributed by atoms with Gasteiger partial charge in [-0.15, -0.1) is 0 Å². The minimum atomic E-state index is -0.271. The van der Waals surface area contributed by atoms with Gasteiger partial charge >= 0.3 is 0 Å². The molecule has 11 aromatic carbocycles. The summed E-state index contributed by atoms with van der Waals surface area (Å²) in [6.07, 6.45) is 0. The summed E-state index contributed by atoms with van der Waals surface area (Å²) >= 11 is 0. The molecule has 0 bridgehead atoms. The molecule has 0 unspecified atom stereocenters. The zero-order chi connectivity index (χ0) is 51.7. The van der Waals surface area contributed by atoms with Gasteiger partial charge < -0.3 is 9.80 Å². The summed E-state index contributed by atoms with van der Waals surface area (Å²) in [5.41, 5.74) is 29.3. The third kappa shape index (κ3) is 7.78. The predicted octanol–water partition coefficient (Wildman–Crippen LogP) is 20.5. The third-order valence-corrected chi connectivity index (χ3v) is 16.5. The lowest BCUT2D eigenvalue weighted by Crippen LogP contribution is -2.18. The Bertz CT molecular complexity index is 3700. The van der Waals surface area contributed by atoms with E-state index in [2.05, 4.69) is 306 Å². The molecular weight excluding hydrogens is 917 g/mol. The number of para-hydroxylation sites is 2. The number of hydrogen-bond donors (Lipinski definition) is 0.